The Hall–Kier alpha value is -2.44. The summed E-state index contributed by atoms with van der Waals surface area (Å²) in [7, 11) is 1.25. The smallest absolute Gasteiger partial charge is 0.323 e. The number of carbonyl (C=O) groups excluding carboxylic acids is 2. The van der Waals surface area contributed by atoms with Crippen molar-refractivity contribution in [1.29, 1.82) is 0 Å². The van der Waals surface area contributed by atoms with E-state index in [9.17, 15) is 19.2 Å². The lowest BCUT2D eigenvalue weighted by atomic mass is 10.2. The number of hydrogen-bond acceptors (Lipinski definition) is 4. The van der Waals surface area contributed by atoms with Gasteiger partial charge in [-0.3, -0.25) is 24.1 Å². The highest BCUT2D eigenvalue weighted by atomic mass is 16.4. The molecule has 1 N–H and O–H groups in total. The van der Waals surface area contributed by atoms with Gasteiger partial charge in [0.15, 0.2) is 5.43 Å². The van der Waals surface area contributed by atoms with Crippen LogP contribution in [0.15, 0.2) is 17.1 Å². The van der Waals surface area contributed by atoms with Crippen molar-refractivity contribution in [3.8, 4) is 0 Å². The fourth-order valence-electron chi connectivity index (χ4n) is 1.71. The van der Waals surface area contributed by atoms with E-state index in [4.69, 9.17) is 5.11 Å². The number of aliphatic carboxylic acids is 1. The minimum Gasteiger partial charge on any atom is -0.480 e. The van der Waals surface area contributed by atoms with Gasteiger partial charge >= 0.3 is 5.97 Å². The minimum absolute atomic E-state index is 0.160. The average Bonchev–Trinajstić information content (AvgIpc) is 2.48. The molecule has 2 rings (SSSR count). The topological polar surface area (TPSA) is 96.7 Å². The third kappa shape index (κ3) is 1.52. The second kappa shape index (κ2) is 3.55. The number of hydrogen-bond donors (Lipinski definition) is 1. The van der Waals surface area contributed by atoms with Crippen molar-refractivity contribution in [2.45, 2.75) is 6.54 Å². The van der Waals surface area contributed by atoms with E-state index in [0.717, 1.165) is 15.5 Å². The Bertz CT molecular complexity index is 601. The number of nitrogens with zero attached hydrogens (tertiary/aromatic N) is 2. The molecule has 1 aliphatic rings. The Balaban J connectivity index is 2.70. The lowest BCUT2D eigenvalue weighted by Gasteiger charge is -2.07. The Kier molecular flexibility index (Phi) is 2.31. The van der Waals surface area contributed by atoms with Crippen molar-refractivity contribution < 1.29 is 19.5 Å². The summed E-state index contributed by atoms with van der Waals surface area (Å²) in [6.45, 7) is -0.477. The fraction of sp³-hybridized carbons (Fsp3) is 0.200. The fourth-order valence-corrected chi connectivity index (χ4v) is 1.71. The van der Waals surface area contributed by atoms with E-state index in [-0.39, 0.29) is 11.3 Å². The second-order valence-electron chi connectivity index (χ2n) is 3.59. The molecule has 0 fully saturated rings. The molecule has 0 atom stereocenters. The van der Waals surface area contributed by atoms with Gasteiger partial charge in [-0.25, -0.2) is 0 Å². The van der Waals surface area contributed by atoms with Crippen LogP contribution < -0.4 is 5.43 Å². The van der Waals surface area contributed by atoms with Crippen molar-refractivity contribution in [3.63, 3.8) is 0 Å². The zero-order valence-electron chi connectivity index (χ0n) is 8.84. The minimum atomic E-state index is -1.16. The molecule has 1 aliphatic heterocycles. The van der Waals surface area contributed by atoms with E-state index < -0.39 is 29.8 Å². The molecular weight excluding hydrogens is 228 g/mol. The Morgan fingerprint density at radius 2 is 1.94 bits per heavy atom. The van der Waals surface area contributed by atoms with Crippen molar-refractivity contribution in [1.82, 2.24) is 9.47 Å². The molecule has 0 aliphatic carbocycles. The van der Waals surface area contributed by atoms with Crippen molar-refractivity contribution in [2.24, 2.45) is 0 Å². The van der Waals surface area contributed by atoms with Crippen LogP contribution >= 0.6 is 0 Å². The van der Waals surface area contributed by atoms with Crippen LogP contribution in [0.25, 0.3) is 0 Å². The van der Waals surface area contributed by atoms with Crippen LogP contribution in [0, 0.1) is 0 Å². The number of rotatable bonds is 2. The number of fused-ring (bicyclic) bond motifs is 1. The summed E-state index contributed by atoms with van der Waals surface area (Å²) in [5, 5.41) is 8.68. The highest BCUT2D eigenvalue weighted by Gasteiger charge is 2.37. The van der Waals surface area contributed by atoms with E-state index in [1.165, 1.54) is 13.2 Å². The molecule has 0 spiro atoms. The Labute approximate surface area is 94.9 Å². The summed E-state index contributed by atoms with van der Waals surface area (Å²) in [6, 6.07) is 1.08. The van der Waals surface area contributed by atoms with Gasteiger partial charge in [0.05, 0.1) is 0 Å². The summed E-state index contributed by atoms with van der Waals surface area (Å²) in [4.78, 5) is 46.2. The summed E-state index contributed by atoms with van der Waals surface area (Å²) in [6.07, 6.45) is 1.19. The largest absolute Gasteiger partial charge is 0.480 e. The molecule has 2 heterocycles. The molecular formula is C10H8N2O5. The van der Waals surface area contributed by atoms with Crippen molar-refractivity contribution in [3.05, 3.63) is 33.7 Å². The predicted molar refractivity (Wildman–Crippen MR) is 54.8 cm³/mol. The van der Waals surface area contributed by atoms with Crippen LogP contribution in [0.3, 0.4) is 0 Å². The first-order valence-corrected chi connectivity index (χ1v) is 4.71. The van der Waals surface area contributed by atoms with Crippen molar-refractivity contribution in [2.75, 3.05) is 7.05 Å². The number of carboxylic acids is 1. The van der Waals surface area contributed by atoms with Gasteiger partial charge in [-0.15, -0.1) is 0 Å². The lowest BCUT2D eigenvalue weighted by Crippen LogP contribution is -2.26. The maximum atomic E-state index is 11.7. The van der Waals surface area contributed by atoms with Crippen LogP contribution in [0.5, 0.6) is 0 Å². The van der Waals surface area contributed by atoms with E-state index in [1.807, 2.05) is 0 Å². The first-order chi connectivity index (χ1) is 7.93. The third-order valence-electron chi connectivity index (χ3n) is 2.51. The van der Waals surface area contributed by atoms with Gasteiger partial charge in [-0.1, -0.05) is 0 Å². The maximum Gasteiger partial charge on any atom is 0.323 e. The quantitative estimate of drug-likeness (QED) is 0.675. The zero-order valence-corrected chi connectivity index (χ0v) is 8.84. The maximum absolute atomic E-state index is 11.7. The molecule has 0 saturated heterocycles. The number of aromatic nitrogens is 1. The van der Waals surface area contributed by atoms with E-state index in [0.29, 0.717) is 0 Å². The van der Waals surface area contributed by atoms with Gasteiger partial charge in [0.1, 0.15) is 17.8 Å². The second-order valence-corrected chi connectivity index (χ2v) is 3.59. The molecule has 7 heteroatoms. The van der Waals surface area contributed by atoms with E-state index in [1.54, 1.807) is 0 Å². The summed E-state index contributed by atoms with van der Waals surface area (Å²) in [5.74, 6) is -2.52. The van der Waals surface area contributed by atoms with Gasteiger partial charge in [0.2, 0.25) is 0 Å². The lowest BCUT2D eigenvalue weighted by molar-refractivity contribution is -0.137. The van der Waals surface area contributed by atoms with Crippen LogP contribution in [0.1, 0.15) is 20.8 Å². The summed E-state index contributed by atoms with van der Waals surface area (Å²) in [5.41, 5.74) is -1.00. The predicted octanol–water partition coefficient (Wildman–Crippen LogP) is -0.841. The number of pyridine rings is 1. The molecule has 0 radical (unpaired) electrons. The first-order valence-electron chi connectivity index (χ1n) is 4.71. The molecule has 0 aromatic carbocycles. The van der Waals surface area contributed by atoms with Gasteiger partial charge in [-0.05, 0) is 0 Å². The van der Waals surface area contributed by atoms with Gasteiger partial charge in [0.25, 0.3) is 11.8 Å². The number of imide groups is 1. The first kappa shape index (κ1) is 11.1. The standard InChI is InChI=1S/C10H8N2O5/c1-11-9(16)7-5(13)2-3-12(4-6(14)15)8(7)10(11)17/h2-3H,4H2,1H3,(H,14,15). The molecule has 2 amide bonds. The highest BCUT2D eigenvalue weighted by molar-refractivity contribution is 6.20. The third-order valence-corrected chi connectivity index (χ3v) is 2.51. The van der Waals surface area contributed by atoms with Gasteiger partial charge < -0.3 is 9.67 Å². The van der Waals surface area contributed by atoms with E-state index in [2.05, 4.69) is 0 Å². The molecule has 7 nitrogen and oxygen atoms in total. The number of carbonyl (C=O) groups is 3. The molecule has 0 bridgehead atoms. The molecule has 0 unspecified atom stereocenters. The van der Waals surface area contributed by atoms with Gasteiger partial charge in [0, 0.05) is 19.3 Å². The molecule has 17 heavy (non-hydrogen) atoms. The normalized spacial score (nSPS) is 14.1. The number of amides is 2. The summed E-state index contributed by atoms with van der Waals surface area (Å²) < 4.78 is 1.09. The average molecular weight is 236 g/mol. The molecule has 0 saturated carbocycles. The van der Waals surface area contributed by atoms with E-state index >= 15 is 0 Å². The monoisotopic (exact) mass is 236 g/mol. The summed E-state index contributed by atoms with van der Waals surface area (Å²) >= 11 is 0. The Morgan fingerprint density at radius 3 is 2.53 bits per heavy atom. The number of carboxylic acid groups (broad SMARTS) is 1. The van der Waals surface area contributed by atoms with Crippen LogP contribution in [-0.4, -0.2) is 39.4 Å². The Morgan fingerprint density at radius 1 is 1.29 bits per heavy atom. The molecule has 1 aromatic heterocycles. The molecule has 88 valence electrons. The van der Waals surface area contributed by atoms with Gasteiger partial charge in [-0.2, -0.15) is 0 Å². The van der Waals surface area contributed by atoms with Crippen LogP contribution in [0.4, 0.5) is 0 Å². The SMILES string of the molecule is CN1C(=O)c2c(n(CC(=O)O)ccc2=O)C1=O. The zero-order chi connectivity index (χ0) is 12.7. The van der Waals surface area contributed by atoms with Crippen LogP contribution in [0.2, 0.25) is 0 Å². The van der Waals surface area contributed by atoms with Crippen LogP contribution in [-0.2, 0) is 11.3 Å². The van der Waals surface area contributed by atoms with Crippen molar-refractivity contribution >= 4 is 17.8 Å². The highest BCUT2D eigenvalue weighted by Crippen LogP contribution is 2.18. The molecule has 1 aromatic rings.